The third-order valence-electron chi connectivity index (χ3n) is 4.42. The Labute approximate surface area is 130 Å². The lowest BCUT2D eigenvalue weighted by molar-refractivity contribution is -0.136. The third-order valence-corrected chi connectivity index (χ3v) is 4.65. The molecule has 1 amide bonds. The van der Waals surface area contributed by atoms with Gasteiger partial charge in [-0.25, -0.2) is 0 Å². The standard InChI is InChI=1S/C16H22ClN3O/c1-10-13(18)14(21)20(9-15(10,2)3)16(4,19)11-6-5-7-12(17)8-11/h5-8H,9,18-19H2,1-4H3. The summed E-state index contributed by atoms with van der Waals surface area (Å²) in [4.78, 5) is 14.2. The first-order valence-corrected chi connectivity index (χ1v) is 7.29. The number of nitrogens with zero attached hydrogens (tertiary/aromatic N) is 1. The second-order valence-electron chi connectivity index (χ2n) is 6.47. The average molecular weight is 308 g/mol. The van der Waals surface area contributed by atoms with Gasteiger partial charge < -0.3 is 16.4 Å². The highest BCUT2D eigenvalue weighted by Crippen LogP contribution is 2.37. The first-order valence-electron chi connectivity index (χ1n) is 6.91. The van der Waals surface area contributed by atoms with Crippen LogP contribution in [-0.4, -0.2) is 17.4 Å². The van der Waals surface area contributed by atoms with Crippen molar-refractivity contribution in [3.05, 3.63) is 46.1 Å². The van der Waals surface area contributed by atoms with Crippen molar-refractivity contribution in [1.82, 2.24) is 4.90 Å². The van der Waals surface area contributed by atoms with Crippen LogP contribution in [0.15, 0.2) is 35.5 Å². The van der Waals surface area contributed by atoms with Crippen molar-refractivity contribution in [2.75, 3.05) is 6.54 Å². The number of nitrogens with two attached hydrogens (primary N) is 2. The SMILES string of the molecule is CC1=C(N)C(=O)N(C(C)(N)c2cccc(Cl)c2)CC1(C)C. The number of benzene rings is 1. The fraction of sp³-hybridized carbons (Fsp3) is 0.438. The fourth-order valence-electron chi connectivity index (χ4n) is 2.59. The lowest BCUT2D eigenvalue weighted by Crippen LogP contribution is -2.60. The molecule has 1 unspecified atom stereocenters. The predicted octanol–water partition coefficient (Wildman–Crippen LogP) is 2.57. The van der Waals surface area contributed by atoms with E-state index in [1.807, 2.05) is 19.1 Å². The van der Waals surface area contributed by atoms with E-state index < -0.39 is 5.66 Å². The smallest absolute Gasteiger partial charge is 0.271 e. The predicted molar refractivity (Wildman–Crippen MR) is 85.4 cm³/mol. The minimum absolute atomic E-state index is 0.211. The molecule has 1 aliphatic heterocycles. The zero-order chi connectivity index (χ0) is 16.0. The van der Waals surface area contributed by atoms with Crippen LogP contribution in [0.1, 0.15) is 33.3 Å². The molecule has 0 aromatic heterocycles. The van der Waals surface area contributed by atoms with Crippen LogP contribution in [0.3, 0.4) is 0 Å². The van der Waals surface area contributed by atoms with Crippen LogP contribution >= 0.6 is 11.6 Å². The Morgan fingerprint density at radius 1 is 1.38 bits per heavy atom. The molecule has 21 heavy (non-hydrogen) atoms. The van der Waals surface area contributed by atoms with Gasteiger partial charge in [-0.1, -0.05) is 37.6 Å². The zero-order valence-electron chi connectivity index (χ0n) is 12.9. The summed E-state index contributed by atoms with van der Waals surface area (Å²) in [5.74, 6) is -0.225. The first-order chi connectivity index (χ1) is 9.57. The van der Waals surface area contributed by atoms with Crippen LogP contribution in [0.25, 0.3) is 0 Å². The van der Waals surface area contributed by atoms with E-state index in [4.69, 9.17) is 23.1 Å². The largest absolute Gasteiger partial charge is 0.394 e. The number of carbonyl (C=O) groups excluding carboxylic acids is 1. The van der Waals surface area contributed by atoms with Crippen LogP contribution in [0.5, 0.6) is 0 Å². The number of carbonyl (C=O) groups is 1. The molecular formula is C16H22ClN3O. The Kier molecular flexibility index (Phi) is 3.80. The lowest BCUT2D eigenvalue weighted by atomic mass is 9.79. The Morgan fingerprint density at radius 3 is 2.57 bits per heavy atom. The molecule has 2 rings (SSSR count). The van der Waals surface area contributed by atoms with Crippen molar-refractivity contribution in [3.8, 4) is 0 Å². The van der Waals surface area contributed by atoms with Gasteiger partial charge in [-0.05, 0) is 37.1 Å². The summed E-state index contributed by atoms with van der Waals surface area (Å²) in [5, 5.41) is 0.590. The quantitative estimate of drug-likeness (QED) is 0.882. The number of amides is 1. The van der Waals surface area contributed by atoms with Crippen molar-refractivity contribution in [2.24, 2.45) is 16.9 Å². The summed E-state index contributed by atoms with van der Waals surface area (Å²) in [5.41, 5.74) is 13.3. The summed E-state index contributed by atoms with van der Waals surface area (Å²) >= 11 is 6.04. The Hall–Kier alpha value is -1.52. The molecule has 0 spiro atoms. The molecule has 114 valence electrons. The Bertz CT molecular complexity index is 620. The lowest BCUT2D eigenvalue weighted by Gasteiger charge is -2.46. The van der Waals surface area contributed by atoms with E-state index in [1.54, 1.807) is 24.0 Å². The summed E-state index contributed by atoms with van der Waals surface area (Å²) in [6, 6.07) is 7.25. The highest BCUT2D eigenvalue weighted by atomic mass is 35.5. The van der Waals surface area contributed by atoms with Crippen LogP contribution < -0.4 is 11.5 Å². The summed E-state index contributed by atoms with van der Waals surface area (Å²) in [6.45, 7) is 8.33. The molecule has 0 radical (unpaired) electrons. The molecule has 1 heterocycles. The fourth-order valence-corrected chi connectivity index (χ4v) is 2.78. The van der Waals surface area contributed by atoms with E-state index in [0.29, 0.717) is 11.6 Å². The molecule has 0 bridgehead atoms. The summed E-state index contributed by atoms with van der Waals surface area (Å²) in [6.07, 6.45) is 0. The number of hydrogen-bond donors (Lipinski definition) is 2. The molecule has 1 aliphatic rings. The van der Waals surface area contributed by atoms with Gasteiger partial charge in [0, 0.05) is 17.0 Å². The minimum atomic E-state index is -0.968. The summed E-state index contributed by atoms with van der Waals surface area (Å²) < 4.78 is 0. The number of halogens is 1. The van der Waals surface area contributed by atoms with E-state index in [0.717, 1.165) is 11.1 Å². The monoisotopic (exact) mass is 307 g/mol. The molecule has 0 fully saturated rings. The van der Waals surface area contributed by atoms with Crippen molar-refractivity contribution < 1.29 is 4.79 Å². The molecule has 5 heteroatoms. The van der Waals surface area contributed by atoms with E-state index in [1.165, 1.54) is 0 Å². The van der Waals surface area contributed by atoms with E-state index in [9.17, 15) is 4.79 Å². The first kappa shape index (κ1) is 15.9. The molecule has 4 nitrogen and oxygen atoms in total. The highest BCUT2D eigenvalue weighted by molar-refractivity contribution is 6.30. The normalized spacial score (nSPS) is 21.4. The summed E-state index contributed by atoms with van der Waals surface area (Å²) in [7, 11) is 0. The van der Waals surface area contributed by atoms with Crippen molar-refractivity contribution in [1.29, 1.82) is 0 Å². The molecule has 1 atom stereocenters. The van der Waals surface area contributed by atoms with Crippen LogP contribution in [0, 0.1) is 5.41 Å². The van der Waals surface area contributed by atoms with Crippen LogP contribution in [0.2, 0.25) is 5.02 Å². The maximum absolute atomic E-state index is 12.6. The van der Waals surface area contributed by atoms with Crippen LogP contribution in [-0.2, 0) is 10.5 Å². The minimum Gasteiger partial charge on any atom is -0.394 e. The van der Waals surface area contributed by atoms with Crippen molar-refractivity contribution in [3.63, 3.8) is 0 Å². The molecule has 0 saturated carbocycles. The van der Waals surface area contributed by atoms with Gasteiger partial charge in [-0.15, -0.1) is 0 Å². The van der Waals surface area contributed by atoms with Gasteiger partial charge in [0.05, 0.1) is 5.70 Å². The molecule has 1 aromatic carbocycles. The van der Waals surface area contributed by atoms with Gasteiger partial charge in [0.2, 0.25) is 0 Å². The molecular weight excluding hydrogens is 286 g/mol. The van der Waals surface area contributed by atoms with Gasteiger partial charge in [0.15, 0.2) is 0 Å². The maximum Gasteiger partial charge on any atom is 0.271 e. The average Bonchev–Trinajstić information content (AvgIpc) is 2.41. The number of rotatable bonds is 2. The van der Waals surface area contributed by atoms with E-state index in [-0.39, 0.29) is 17.0 Å². The number of hydrogen-bond acceptors (Lipinski definition) is 3. The Balaban J connectivity index is 2.48. The molecule has 0 aliphatic carbocycles. The van der Waals surface area contributed by atoms with Crippen molar-refractivity contribution in [2.45, 2.75) is 33.4 Å². The maximum atomic E-state index is 12.6. The van der Waals surface area contributed by atoms with Crippen LogP contribution in [0.4, 0.5) is 0 Å². The van der Waals surface area contributed by atoms with E-state index >= 15 is 0 Å². The van der Waals surface area contributed by atoms with Gasteiger partial charge in [-0.3, -0.25) is 4.79 Å². The topological polar surface area (TPSA) is 72.4 Å². The third kappa shape index (κ3) is 2.65. The van der Waals surface area contributed by atoms with E-state index in [2.05, 4.69) is 13.8 Å². The second kappa shape index (κ2) is 5.04. The molecule has 0 saturated heterocycles. The Morgan fingerprint density at radius 2 is 2.00 bits per heavy atom. The zero-order valence-corrected chi connectivity index (χ0v) is 13.7. The van der Waals surface area contributed by atoms with Gasteiger partial charge in [-0.2, -0.15) is 0 Å². The van der Waals surface area contributed by atoms with Gasteiger partial charge in [0.25, 0.3) is 5.91 Å². The van der Waals surface area contributed by atoms with Crippen molar-refractivity contribution >= 4 is 17.5 Å². The molecule has 1 aromatic rings. The van der Waals surface area contributed by atoms with Gasteiger partial charge >= 0.3 is 0 Å². The highest BCUT2D eigenvalue weighted by Gasteiger charge is 2.43. The molecule has 4 N–H and O–H groups in total. The van der Waals surface area contributed by atoms with Gasteiger partial charge in [0.1, 0.15) is 5.66 Å². The second-order valence-corrected chi connectivity index (χ2v) is 6.91.